The maximum Gasteiger partial charge on any atom is 0.229 e. The lowest BCUT2D eigenvalue weighted by Gasteiger charge is -2.39. The molecule has 6 heteroatoms. The van der Waals surface area contributed by atoms with Crippen molar-refractivity contribution in [1.29, 1.82) is 0 Å². The van der Waals surface area contributed by atoms with Crippen LogP contribution in [0.25, 0.3) is 0 Å². The summed E-state index contributed by atoms with van der Waals surface area (Å²) in [6.07, 6.45) is 7.12. The van der Waals surface area contributed by atoms with Crippen LogP contribution in [-0.4, -0.2) is 52.2 Å². The number of aromatic nitrogens is 2. The van der Waals surface area contributed by atoms with E-state index >= 15 is 0 Å². The lowest BCUT2D eigenvalue weighted by molar-refractivity contribution is -0.147. The summed E-state index contributed by atoms with van der Waals surface area (Å²) < 4.78 is 12.0. The minimum atomic E-state index is -0.0818. The molecule has 2 aromatic heterocycles. The van der Waals surface area contributed by atoms with E-state index < -0.39 is 0 Å². The molecule has 0 radical (unpaired) electrons. The van der Waals surface area contributed by atoms with Gasteiger partial charge in [-0.2, -0.15) is 0 Å². The third kappa shape index (κ3) is 3.49. The summed E-state index contributed by atoms with van der Waals surface area (Å²) in [5.74, 6) is 0.854. The number of amides is 1. The fourth-order valence-electron chi connectivity index (χ4n) is 3.70. The van der Waals surface area contributed by atoms with Crippen molar-refractivity contribution in [2.24, 2.45) is 0 Å². The minimum Gasteiger partial charge on any atom is -0.486 e. The van der Waals surface area contributed by atoms with Gasteiger partial charge in [-0.05, 0) is 37.1 Å². The molecule has 25 heavy (non-hydrogen) atoms. The Bertz CT molecular complexity index is 710. The lowest BCUT2D eigenvalue weighted by Crippen LogP contribution is -2.54. The number of hydrogen-bond donors (Lipinski definition) is 0. The van der Waals surface area contributed by atoms with Crippen LogP contribution in [0, 0.1) is 0 Å². The van der Waals surface area contributed by atoms with Gasteiger partial charge < -0.3 is 14.4 Å². The Balaban J connectivity index is 1.43. The third-order valence-electron chi connectivity index (χ3n) is 4.84. The zero-order valence-corrected chi connectivity index (χ0v) is 14.0. The molecule has 0 unspecified atom stereocenters. The van der Waals surface area contributed by atoms with Crippen molar-refractivity contribution in [3.8, 4) is 5.75 Å². The third-order valence-corrected chi connectivity index (χ3v) is 4.84. The monoisotopic (exact) mass is 339 g/mol. The molecular formula is C19H21N3O3. The topological polar surface area (TPSA) is 64.6 Å². The van der Waals surface area contributed by atoms with Crippen molar-refractivity contribution in [2.45, 2.75) is 37.5 Å². The van der Waals surface area contributed by atoms with Crippen molar-refractivity contribution in [3.05, 3.63) is 54.6 Å². The van der Waals surface area contributed by atoms with Crippen LogP contribution in [0.15, 0.2) is 48.9 Å². The Morgan fingerprint density at radius 1 is 1.24 bits per heavy atom. The predicted octanol–water partition coefficient (Wildman–Crippen LogP) is 1.86. The summed E-state index contributed by atoms with van der Waals surface area (Å²) in [6.45, 7) is 1.18. The van der Waals surface area contributed by atoms with Crippen molar-refractivity contribution in [1.82, 2.24) is 14.9 Å². The zero-order chi connectivity index (χ0) is 17.1. The summed E-state index contributed by atoms with van der Waals surface area (Å²) in [5, 5.41) is 0. The molecule has 6 nitrogen and oxygen atoms in total. The molecule has 1 amide bonds. The van der Waals surface area contributed by atoms with Crippen molar-refractivity contribution < 1.29 is 14.3 Å². The van der Waals surface area contributed by atoms with E-state index in [-0.39, 0.29) is 24.2 Å². The van der Waals surface area contributed by atoms with Crippen molar-refractivity contribution in [3.63, 3.8) is 0 Å². The second-order valence-corrected chi connectivity index (χ2v) is 6.41. The molecule has 3 heterocycles. The smallest absolute Gasteiger partial charge is 0.229 e. The van der Waals surface area contributed by atoms with Gasteiger partial charge in [0.15, 0.2) is 0 Å². The molecule has 2 aliphatic rings. The molecule has 1 saturated carbocycles. The largest absolute Gasteiger partial charge is 0.486 e. The van der Waals surface area contributed by atoms with Gasteiger partial charge in [0.05, 0.1) is 25.3 Å². The van der Waals surface area contributed by atoms with E-state index in [0.717, 1.165) is 24.3 Å². The molecule has 0 aromatic carbocycles. The van der Waals surface area contributed by atoms with E-state index in [9.17, 15) is 4.79 Å². The van der Waals surface area contributed by atoms with Gasteiger partial charge in [-0.25, -0.2) is 0 Å². The van der Waals surface area contributed by atoms with Crippen molar-refractivity contribution in [2.75, 3.05) is 13.2 Å². The normalized spacial score (nSPS) is 25.4. The second-order valence-electron chi connectivity index (χ2n) is 6.41. The average Bonchev–Trinajstić information content (AvgIpc) is 3.06. The Morgan fingerprint density at radius 3 is 3.00 bits per heavy atom. The molecule has 1 aliphatic heterocycles. The van der Waals surface area contributed by atoms with E-state index in [2.05, 4.69) is 9.97 Å². The summed E-state index contributed by atoms with van der Waals surface area (Å²) >= 11 is 0. The number of morpholine rings is 1. The molecule has 0 bridgehead atoms. The van der Waals surface area contributed by atoms with E-state index in [1.165, 1.54) is 0 Å². The van der Waals surface area contributed by atoms with Gasteiger partial charge in [0.1, 0.15) is 18.0 Å². The first kappa shape index (κ1) is 16.0. The molecule has 4 rings (SSSR count). The van der Waals surface area contributed by atoms with Crippen LogP contribution in [0.2, 0.25) is 0 Å². The molecule has 2 aromatic rings. The first-order chi connectivity index (χ1) is 12.3. The quantitative estimate of drug-likeness (QED) is 0.851. The summed E-state index contributed by atoms with van der Waals surface area (Å²) in [4.78, 5) is 23.1. The van der Waals surface area contributed by atoms with E-state index in [0.29, 0.717) is 19.6 Å². The molecule has 1 aliphatic carbocycles. The molecule has 2 fully saturated rings. The number of fused-ring (bicyclic) bond motifs is 1. The fourth-order valence-corrected chi connectivity index (χ4v) is 3.70. The highest BCUT2D eigenvalue weighted by Gasteiger charge is 2.45. The van der Waals surface area contributed by atoms with Gasteiger partial charge in [0.2, 0.25) is 5.91 Å². The van der Waals surface area contributed by atoms with E-state index in [1.807, 2.05) is 35.2 Å². The predicted molar refractivity (Wildman–Crippen MR) is 91.1 cm³/mol. The Kier molecular flexibility index (Phi) is 4.61. The van der Waals surface area contributed by atoms with Crippen LogP contribution in [0.1, 0.15) is 18.5 Å². The van der Waals surface area contributed by atoms with Gasteiger partial charge in [0.25, 0.3) is 0 Å². The summed E-state index contributed by atoms with van der Waals surface area (Å²) in [6, 6.07) is 9.48. The molecule has 1 saturated heterocycles. The van der Waals surface area contributed by atoms with Crippen LogP contribution in [-0.2, 0) is 16.0 Å². The van der Waals surface area contributed by atoms with E-state index in [1.54, 1.807) is 18.6 Å². The van der Waals surface area contributed by atoms with Gasteiger partial charge in [-0.3, -0.25) is 14.8 Å². The SMILES string of the molecule is O=C(Cc1ccccn1)N1CCO[C@H]2[C@H]1CC[C@H]2Oc1cccnc1. The van der Waals surface area contributed by atoms with Gasteiger partial charge in [-0.1, -0.05) is 6.07 Å². The first-order valence-electron chi connectivity index (χ1n) is 8.69. The highest BCUT2D eigenvalue weighted by Crippen LogP contribution is 2.33. The van der Waals surface area contributed by atoms with Gasteiger partial charge in [-0.15, -0.1) is 0 Å². The first-order valence-corrected chi connectivity index (χ1v) is 8.69. The Morgan fingerprint density at radius 2 is 2.20 bits per heavy atom. The zero-order valence-electron chi connectivity index (χ0n) is 14.0. The van der Waals surface area contributed by atoms with Crippen LogP contribution < -0.4 is 4.74 Å². The number of ether oxygens (including phenoxy) is 2. The number of pyridine rings is 2. The maximum atomic E-state index is 12.8. The molecular weight excluding hydrogens is 318 g/mol. The second kappa shape index (κ2) is 7.19. The summed E-state index contributed by atoms with van der Waals surface area (Å²) in [5.41, 5.74) is 0.802. The van der Waals surface area contributed by atoms with E-state index in [4.69, 9.17) is 9.47 Å². The summed E-state index contributed by atoms with van der Waals surface area (Å²) in [7, 11) is 0. The van der Waals surface area contributed by atoms with Crippen LogP contribution >= 0.6 is 0 Å². The number of hydrogen-bond acceptors (Lipinski definition) is 5. The molecule has 3 atom stereocenters. The number of nitrogens with zero attached hydrogens (tertiary/aromatic N) is 3. The molecule has 0 N–H and O–H groups in total. The lowest BCUT2D eigenvalue weighted by atomic mass is 10.1. The average molecular weight is 339 g/mol. The maximum absolute atomic E-state index is 12.8. The molecule has 130 valence electrons. The Hall–Kier alpha value is -2.47. The van der Waals surface area contributed by atoms with Crippen LogP contribution in [0.5, 0.6) is 5.75 Å². The van der Waals surface area contributed by atoms with Gasteiger partial charge in [0, 0.05) is 24.6 Å². The standard InChI is InChI=1S/C19H21N3O3/c23-18(12-14-4-1-2-9-21-14)22-10-11-24-19-16(22)6-7-17(19)25-15-5-3-8-20-13-15/h1-5,8-9,13,16-17,19H,6-7,10-12H2/t16-,17-,19+/m1/s1. The van der Waals surface area contributed by atoms with Crippen LogP contribution in [0.3, 0.4) is 0 Å². The highest BCUT2D eigenvalue weighted by molar-refractivity contribution is 5.79. The number of carbonyl (C=O) groups is 1. The number of carbonyl (C=O) groups excluding carboxylic acids is 1. The van der Waals surface area contributed by atoms with Crippen molar-refractivity contribution >= 4 is 5.91 Å². The Labute approximate surface area is 146 Å². The number of rotatable bonds is 4. The molecule has 0 spiro atoms. The highest BCUT2D eigenvalue weighted by atomic mass is 16.5. The van der Waals surface area contributed by atoms with Crippen LogP contribution in [0.4, 0.5) is 0 Å². The fraction of sp³-hybridized carbons (Fsp3) is 0.421. The minimum absolute atomic E-state index is 0.0420. The van der Waals surface area contributed by atoms with Gasteiger partial charge >= 0.3 is 0 Å².